The Hall–Kier alpha value is -2.41. The molecule has 0 saturated carbocycles. The molecule has 0 fully saturated rings. The van der Waals surface area contributed by atoms with Crippen molar-refractivity contribution >= 4 is 21.8 Å². The molecular formula is C18H19NO5S. The van der Waals surface area contributed by atoms with Crippen molar-refractivity contribution in [3.63, 3.8) is 0 Å². The van der Waals surface area contributed by atoms with Crippen molar-refractivity contribution in [2.45, 2.75) is 30.7 Å². The number of sulfonamides is 1. The highest BCUT2D eigenvalue weighted by molar-refractivity contribution is 7.89. The molecule has 6 nitrogen and oxygen atoms in total. The topological polar surface area (TPSA) is 80.8 Å². The average molecular weight is 361 g/mol. The van der Waals surface area contributed by atoms with Crippen LogP contribution in [0, 0.1) is 12.8 Å². The van der Waals surface area contributed by atoms with Crippen LogP contribution in [0.2, 0.25) is 0 Å². The molecule has 2 aliphatic rings. The number of esters is 1. The van der Waals surface area contributed by atoms with E-state index in [0.29, 0.717) is 0 Å². The molecule has 3 rings (SSSR count). The lowest BCUT2D eigenvalue weighted by Gasteiger charge is -2.39. The zero-order chi connectivity index (χ0) is 18.4. The smallest absolute Gasteiger partial charge is 0.355 e. The number of carbonyl (C=O) groups excluding carboxylic acids is 2. The Labute approximate surface area is 146 Å². The van der Waals surface area contributed by atoms with E-state index in [1.54, 1.807) is 25.1 Å². The molecule has 0 spiro atoms. The second-order valence-electron chi connectivity index (χ2n) is 6.46. The molecule has 0 amide bonds. The SMILES string of the molecule is COC(=O)C1=CC2CC(=O)C=CC2(C)N1S(=O)(=O)c1ccc(C)cc1. The molecule has 2 unspecified atom stereocenters. The molecule has 132 valence electrons. The second-order valence-corrected chi connectivity index (χ2v) is 8.25. The highest BCUT2D eigenvalue weighted by Crippen LogP contribution is 2.45. The second kappa shape index (κ2) is 5.84. The third kappa shape index (κ3) is 2.68. The molecule has 25 heavy (non-hydrogen) atoms. The summed E-state index contributed by atoms with van der Waals surface area (Å²) in [6, 6.07) is 6.41. The van der Waals surface area contributed by atoms with E-state index in [-0.39, 0.29) is 22.8 Å². The third-order valence-corrected chi connectivity index (χ3v) is 6.69. The Morgan fingerprint density at radius 1 is 1.28 bits per heavy atom. The molecule has 0 aromatic heterocycles. The number of rotatable bonds is 3. The highest BCUT2D eigenvalue weighted by atomic mass is 32.2. The molecule has 0 N–H and O–H groups in total. The van der Waals surface area contributed by atoms with Crippen molar-refractivity contribution in [1.82, 2.24) is 4.31 Å². The Balaban J connectivity index is 2.17. The van der Waals surface area contributed by atoms with Crippen LogP contribution in [-0.4, -0.2) is 37.1 Å². The molecule has 1 aliphatic carbocycles. The first-order chi connectivity index (χ1) is 11.7. The number of benzene rings is 1. The molecule has 1 aromatic rings. The molecule has 1 aliphatic heterocycles. The predicted molar refractivity (Wildman–Crippen MR) is 91.0 cm³/mol. The summed E-state index contributed by atoms with van der Waals surface area (Å²) in [6.07, 6.45) is 4.61. The largest absolute Gasteiger partial charge is 0.464 e. The Morgan fingerprint density at radius 2 is 1.92 bits per heavy atom. The molecule has 0 saturated heterocycles. The maximum Gasteiger partial charge on any atom is 0.355 e. The van der Waals surface area contributed by atoms with Crippen molar-refractivity contribution in [2.75, 3.05) is 7.11 Å². The van der Waals surface area contributed by atoms with Crippen LogP contribution < -0.4 is 0 Å². The van der Waals surface area contributed by atoms with E-state index >= 15 is 0 Å². The van der Waals surface area contributed by atoms with E-state index in [1.807, 2.05) is 6.92 Å². The van der Waals surface area contributed by atoms with Crippen molar-refractivity contribution in [3.05, 3.63) is 53.8 Å². The summed E-state index contributed by atoms with van der Waals surface area (Å²) in [7, 11) is -2.80. The van der Waals surface area contributed by atoms with Gasteiger partial charge in [-0.2, -0.15) is 0 Å². The number of ketones is 1. The van der Waals surface area contributed by atoms with Crippen LogP contribution in [0.1, 0.15) is 18.9 Å². The number of nitrogens with zero attached hydrogens (tertiary/aromatic N) is 1. The van der Waals surface area contributed by atoms with Gasteiger partial charge in [0.1, 0.15) is 5.70 Å². The molecule has 0 bridgehead atoms. The van der Waals surface area contributed by atoms with Gasteiger partial charge in [0.25, 0.3) is 10.0 Å². The minimum atomic E-state index is -4.00. The van der Waals surface area contributed by atoms with Gasteiger partial charge in [-0.05, 0) is 38.1 Å². The summed E-state index contributed by atoms with van der Waals surface area (Å²) in [5, 5.41) is 0. The third-order valence-electron chi connectivity index (χ3n) is 4.75. The van der Waals surface area contributed by atoms with Crippen LogP contribution in [0.15, 0.2) is 53.1 Å². The standard InChI is InChI=1S/C18H19NO5S/c1-12-4-6-15(7-5-12)25(22,23)19-16(17(21)24-3)11-13-10-14(20)8-9-18(13,19)2/h4-9,11,13H,10H2,1-3H3. The van der Waals surface area contributed by atoms with Gasteiger partial charge < -0.3 is 4.74 Å². The zero-order valence-corrected chi connectivity index (χ0v) is 15.0. The van der Waals surface area contributed by atoms with Gasteiger partial charge in [-0.1, -0.05) is 23.8 Å². The number of hydrogen-bond acceptors (Lipinski definition) is 5. The maximum atomic E-state index is 13.3. The van der Waals surface area contributed by atoms with Crippen molar-refractivity contribution in [2.24, 2.45) is 5.92 Å². The predicted octanol–water partition coefficient (Wildman–Crippen LogP) is 1.96. The lowest BCUT2D eigenvalue weighted by molar-refractivity contribution is -0.137. The van der Waals surface area contributed by atoms with Crippen LogP contribution in [0.25, 0.3) is 0 Å². The van der Waals surface area contributed by atoms with E-state index in [2.05, 4.69) is 0 Å². The first kappa shape index (κ1) is 17.4. The maximum absolute atomic E-state index is 13.3. The molecule has 0 radical (unpaired) electrons. The van der Waals surface area contributed by atoms with Gasteiger partial charge in [0, 0.05) is 12.3 Å². The lowest BCUT2D eigenvalue weighted by atomic mass is 9.80. The van der Waals surface area contributed by atoms with Crippen LogP contribution in [0.3, 0.4) is 0 Å². The minimum Gasteiger partial charge on any atom is -0.464 e. The van der Waals surface area contributed by atoms with Gasteiger partial charge in [0.15, 0.2) is 5.78 Å². The Kier molecular flexibility index (Phi) is 4.07. The Bertz CT molecular complexity index is 898. The summed E-state index contributed by atoms with van der Waals surface area (Å²) in [5.41, 5.74) is -0.160. The molecule has 1 heterocycles. The fourth-order valence-corrected chi connectivity index (χ4v) is 5.10. The van der Waals surface area contributed by atoms with E-state index < -0.39 is 27.4 Å². The first-order valence-corrected chi connectivity index (χ1v) is 9.28. The number of aryl methyl sites for hydroxylation is 1. The number of carbonyl (C=O) groups is 2. The summed E-state index contributed by atoms with van der Waals surface area (Å²) < 4.78 is 32.4. The number of methoxy groups -OCH3 is 1. The highest BCUT2D eigenvalue weighted by Gasteiger charge is 2.53. The van der Waals surface area contributed by atoms with E-state index in [4.69, 9.17) is 4.74 Å². The van der Waals surface area contributed by atoms with Crippen molar-refractivity contribution < 1.29 is 22.7 Å². The fourth-order valence-electron chi connectivity index (χ4n) is 3.30. The van der Waals surface area contributed by atoms with Crippen LogP contribution in [0.4, 0.5) is 0 Å². The Morgan fingerprint density at radius 3 is 2.52 bits per heavy atom. The van der Waals surface area contributed by atoms with Crippen LogP contribution >= 0.6 is 0 Å². The van der Waals surface area contributed by atoms with Crippen LogP contribution in [0.5, 0.6) is 0 Å². The quantitative estimate of drug-likeness (QED) is 0.769. The molecule has 7 heteroatoms. The fraction of sp³-hybridized carbons (Fsp3) is 0.333. The minimum absolute atomic E-state index is 0.0603. The zero-order valence-electron chi connectivity index (χ0n) is 14.2. The molecule has 1 aromatic carbocycles. The van der Waals surface area contributed by atoms with Gasteiger partial charge in [-0.3, -0.25) is 4.79 Å². The number of hydrogen-bond donors (Lipinski definition) is 0. The first-order valence-electron chi connectivity index (χ1n) is 7.84. The summed E-state index contributed by atoms with van der Waals surface area (Å²) >= 11 is 0. The number of allylic oxidation sites excluding steroid dienone is 1. The monoisotopic (exact) mass is 361 g/mol. The molecule has 2 atom stereocenters. The van der Waals surface area contributed by atoms with E-state index in [1.165, 1.54) is 31.4 Å². The van der Waals surface area contributed by atoms with Gasteiger partial charge >= 0.3 is 5.97 Å². The molecular weight excluding hydrogens is 342 g/mol. The van der Waals surface area contributed by atoms with Gasteiger partial charge in [-0.25, -0.2) is 17.5 Å². The van der Waals surface area contributed by atoms with Gasteiger partial charge in [0.05, 0.1) is 17.5 Å². The van der Waals surface area contributed by atoms with Crippen molar-refractivity contribution in [1.29, 1.82) is 0 Å². The number of ether oxygens (including phenoxy) is 1. The van der Waals surface area contributed by atoms with Crippen LogP contribution in [-0.2, 0) is 24.3 Å². The summed E-state index contributed by atoms with van der Waals surface area (Å²) in [4.78, 5) is 24.1. The van der Waals surface area contributed by atoms with E-state index in [9.17, 15) is 18.0 Å². The average Bonchev–Trinajstić information content (AvgIpc) is 2.88. The van der Waals surface area contributed by atoms with E-state index in [0.717, 1.165) is 9.87 Å². The van der Waals surface area contributed by atoms with Gasteiger partial charge in [-0.15, -0.1) is 0 Å². The summed E-state index contributed by atoms with van der Waals surface area (Å²) in [6.45, 7) is 3.57. The number of fused-ring (bicyclic) bond motifs is 1. The normalized spacial score (nSPS) is 25.6. The van der Waals surface area contributed by atoms with Crippen molar-refractivity contribution in [3.8, 4) is 0 Å². The lowest BCUT2D eigenvalue weighted by Crippen LogP contribution is -2.50. The van der Waals surface area contributed by atoms with Gasteiger partial charge in [0.2, 0.25) is 0 Å². The summed E-state index contributed by atoms with van der Waals surface area (Å²) in [5.74, 6) is -1.26.